The summed E-state index contributed by atoms with van der Waals surface area (Å²) < 4.78 is 0. The van der Waals surface area contributed by atoms with Crippen molar-refractivity contribution in [1.29, 1.82) is 0 Å². The molecule has 0 atom stereocenters. The van der Waals surface area contributed by atoms with Crippen molar-refractivity contribution >= 4 is 23.3 Å². The van der Waals surface area contributed by atoms with Crippen molar-refractivity contribution < 1.29 is 4.79 Å². The van der Waals surface area contributed by atoms with E-state index in [9.17, 15) is 4.79 Å². The Morgan fingerprint density at radius 3 is 2.67 bits per heavy atom. The number of hydrazine groups is 1. The maximum absolute atomic E-state index is 12.6. The third kappa shape index (κ3) is 3.66. The van der Waals surface area contributed by atoms with Crippen LogP contribution in [0.4, 0.5) is 5.82 Å². The Hall–Kier alpha value is -1.33. The van der Waals surface area contributed by atoms with Crippen molar-refractivity contribution in [3.63, 3.8) is 0 Å². The molecule has 1 amide bonds. The Balaban J connectivity index is 2.09. The SMILES string of the molecule is CCC1CCC(N(C)C(=O)c2nc(NN)ccc2Cl)CC1. The van der Waals surface area contributed by atoms with Crippen LogP contribution in [-0.2, 0) is 0 Å². The van der Waals surface area contributed by atoms with Crippen molar-refractivity contribution in [2.24, 2.45) is 11.8 Å². The zero-order valence-electron chi connectivity index (χ0n) is 12.6. The van der Waals surface area contributed by atoms with E-state index in [0.29, 0.717) is 10.8 Å². The van der Waals surface area contributed by atoms with E-state index in [1.807, 2.05) is 7.05 Å². The smallest absolute Gasteiger partial charge is 0.274 e. The number of amides is 1. The van der Waals surface area contributed by atoms with E-state index in [1.165, 1.54) is 19.3 Å². The molecule has 0 bridgehead atoms. The molecule has 0 spiro atoms. The number of nitrogens with one attached hydrogen (secondary N) is 1. The number of anilines is 1. The van der Waals surface area contributed by atoms with Crippen molar-refractivity contribution in [3.8, 4) is 0 Å². The fourth-order valence-electron chi connectivity index (χ4n) is 2.95. The molecular formula is C15H23ClN4O. The normalized spacial score (nSPS) is 21.9. The molecule has 0 radical (unpaired) electrons. The third-order valence-electron chi connectivity index (χ3n) is 4.46. The number of hydrogen-bond acceptors (Lipinski definition) is 4. The van der Waals surface area contributed by atoms with Crippen LogP contribution in [0.5, 0.6) is 0 Å². The summed E-state index contributed by atoms with van der Waals surface area (Å²) in [6, 6.07) is 3.55. The summed E-state index contributed by atoms with van der Waals surface area (Å²) in [6.45, 7) is 2.23. The van der Waals surface area contributed by atoms with Crippen LogP contribution in [0.1, 0.15) is 49.5 Å². The van der Waals surface area contributed by atoms with E-state index in [2.05, 4.69) is 17.3 Å². The van der Waals surface area contributed by atoms with Crippen LogP contribution >= 0.6 is 11.6 Å². The number of nitrogen functional groups attached to an aromatic ring is 1. The molecule has 5 nitrogen and oxygen atoms in total. The molecule has 21 heavy (non-hydrogen) atoms. The number of carbonyl (C=O) groups is 1. The molecule has 1 heterocycles. The van der Waals surface area contributed by atoms with E-state index in [0.717, 1.165) is 18.8 Å². The van der Waals surface area contributed by atoms with E-state index < -0.39 is 0 Å². The van der Waals surface area contributed by atoms with Gasteiger partial charge in [0.2, 0.25) is 0 Å². The first-order valence-electron chi connectivity index (χ1n) is 7.47. The molecule has 6 heteroatoms. The highest BCUT2D eigenvalue weighted by Gasteiger charge is 2.28. The molecule has 0 unspecified atom stereocenters. The number of carbonyl (C=O) groups excluding carboxylic acids is 1. The van der Waals surface area contributed by atoms with Crippen LogP contribution in [0, 0.1) is 5.92 Å². The molecule has 1 fully saturated rings. The molecule has 2 rings (SSSR count). The molecule has 0 aliphatic heterocycles. The van der Waals surface area contributed by atoms with Gasteiger partial charge in [-0.05, 0) is 43.7 Å². The Kier molecular flexibility index (Phi) is 5.42. The molecule has 0 aromatic carbocycles. The van der Waals surface area contributed by atoms with Crippen molar-refractivity contribution in [2.45, 2.75) is 45.1 Å². The number of nitrogens with zero attached hydrogens (tertiary/aromatic N) is 2. The minimum Gasteiger partial charge on any atom is -0.337 e. The second kappa shape index (κ2) is 7.09. The summed E-state index contributed by atoms with van der Waals surface area (Å²) in [4.78, 5) is 18.6. The first kappa shape index (κ1) is 16.0. The fraction of sp³-hybridized carbons (Fsp3) is 0.600. The van der Waals surface area contributed by atoms with Crippen LogP contribution in [0.2, 0.25) is 5.02 Å². The van der Waals surface area contributed by atoms with Crippen molar-refractivity contribution in [2.75, 3.05) is 12.5 Å². The zero-order chi connectivity index (χ0) is 15.4. The highest BCUT2D eigenvalue weighted by atomic mass is 35.5. The topological polar surface area (TPSA) is 71.2 Å². The molecule has 0 saturated heterocycles. The summed E-state index contributed by atoms with van der Waals surface area (Å²) in [5.41, 5.74) is 2.70. The van der Waals surface area contributed by atoms with Gasteiger partial charge in [0.15, 0.2) is 0 Å². The molecule has 1 saturated carbocycles. The molecule has 1 aliphatic carbocycles. The maximum atomic E-state index is 12.6. The quantitative estimate of drug-likeness (QED) is 0.662. The van der Waals surface area contributed by atoms with Gasteiger partial charge < -0.3 is 10.3 Å². The monoisotopic (exact) mass is 310 g/mol. The molecule has 3 N–H and O–H groups in total. The third-order valence-corrected chi connectivity index (χ3v) is 4.76. The van der Waals surface area contributed by atoms with Crippen molar-refractivity contribution in [1.82, 2.24) is 9.88 Å². The van der Waals surface area contributed by atoms with Gasteiger partial charge in [0, 0.05) is 13.1 Å². The lowest BCUT2D eigenvalue weighted by Crippen LogP contribution is -2.40. The predicted molar refractivity (Wildman–Crippen MR) is 85.2 cm³/mol. The van der Waals surface area contributed by atoms with E-state index in [-0.39, 0.29) is 17.6 Å². The largest absolute Gasteiger partial charge is 0.337 e. The van der Waals surface area contributed by atoms with Gasteiger partial charge in [0.1, 0.15) is 11.5 Å². The standard InChI is InChI=1S/C15H23ClN4O/c1-3-10-4-6-11(7-5-10)20(2)15(21)14-12(16)8-9-13(18-14)19-17/h8-11H,3-7,17H2,1-2H3,(H,18,19). The summed E-state index contributed by atoms with van der Waals surface area (Å²) in [5.74, 6) is 6.43. The van der Waals surface area contributed by atoms with Crippen molar-refractivity contribution in [3.05, 3.63) is 22.8 Å². The summed E-state index contributed by atoms with van der Waals surface area (Å²) in [5, 5.41) is 0.355. The number of nitrogens with two attached hydrogens (primary N) is 1. The molecule has 1 aromatic heterocycles. The first-order valence-corrected chi connectivity index (χ1v) is 7.85. The van der Waals surface area contributed by atoms with Gasteiger partial charge in [0.25, 0.3) is 5.91 Å². The first-order chi connectivity index (χ1) is 10.1. The van der Waals surface area contributed by atoms with Crippen LogP contribution in [0.15, 0.2) is 12.1 Å². The average molecular weight is 311 g/mol. The zero-order valence-corrected chi connectivity index (χ0v) is 13.4. The predicted octanol–water partition coefficient (Wildman–Crippen LogP) is 3.06. The summed E-state index contributed by atoms with van der Waals surface area (Å²) in [7, 11) is 1.83. The number of aromatic nitrogens is 1. The minimum absolute atomic E-state index is 0.142. The average Bonchev–Trinajstić information content (AvgIpc) is 2.54. The highest BCUT2D eigenvalue weighted by molar-refractivity contribution is 6.33. The maximum Gasteiger partial charge on any atom is 0.274 e. The Labute approximate surface area is 130 Å². The summed E-state index contributed by atoms with van der Waals surface area (Å²) in [6.07, 6.45) is 5.69. The summed E-state index contributed by atoms with van der Waals surface area (Å²) >= 11 is 6.10. The molecule has 1 aliphatic rings. The second-order valence-electron chi connectivity index (χ2n) is 5.67. The second-order valence-corrected chi connectivity index (χ2v) is 6.08. The molecule has 116 valence electrons. The number of halogens is 1. The van der Waals surface area contributed by atoms with Gasteiger partial charge in [-0.15, -0.1) is 0 Å². The Morgan fingerprint density at radius 1 is 1.43 bits per heavy atom. The Bertz CT molecular complexity index is 500. The van der Waals surface area contributed by atoms with E-state index >= 15 is 0 Å². The number of pyridine rings is 1. The van der Waals surface area contributed by atoms with Gasteiger partial charge >= 0.3 is 0 Å². The highest BCUT2D eigenvalue weighted by Crippen LogP contribution is 2.30. The van der Waals surface area contributed by atoms with Crippen LogP contribution in [0.3, 0.4) is 0 Å². The van der Waals surface area contributed by atoms with Crippen LogP contribution < -0.4 is 11.3 Å². The molecular weight excluding hydrogens is 288 g/mol. The Morgan fingerprint density at radius 2 is 2.10 bits per heavy atom. The minimum atomic E-state index is -0.142. The molecule has 1 aromatic rings. The number of rotatable bonds is 4. The number of hydrogen-bond donors (Lipinski definition) is 2. The fourth-order valence-corrected chi connectivity index (χ4v) is 3.13. The lowest BCUT2D eigenvalue weighted by molar-refractivity contribution is 0.0669. The van der Waals surface area contributed by atoms with Crippen LogP contribution in [-0.4, -0.2) is 28.9 Å². The van der Waals surface area contributed by atoms with Gasteiger partial charge in [-0.25, -0.2) is 10.8 Å². The lowest BCUT2D eigenvalue weighted by atomic mass is 9.84. The van der Waals surface area contributed by atoms with E-state index in [4.69, 9.17) is 17.4 Å². The van der Waals surface area contributed by atoms with Gasteiger partial charge in [-0.1, -0.05) is 24.9 Å². The van der Waals surface area contributed by atoms with Gasteiger partial charge in [-0.3, -0.25) is 4.79 Å². The van der Waals surface area contributed by atoms with E-state index in [1.54, 1.807) is 17.0 Å². The van der Waals surface area contributed by atoms with Gasteiger partial charge in [-0.2, -0.15) is 0 Å². The lowest BCUT2D eigenvalue weighted by Gasteiger charge is -2.34. The van der Waals surface area contributed by atoms with Gasteiger partial charge in [0.05, 0.1) is 5.02 Å². The van der Waals surface area contributed by atoms with Crippen LogP contribution in [0.25, 0.3) is 0 Å².